The van der Waals surface area contributed by atoms with E-state index in [-0.39, 0.29) is 12.2 Å². The van der Waals surface area contributed by atoms with Crippen LogP contribution in [0, 0.1) is 5.92 Å². The molecule has 0 aromatic carbocycles. The molecule has 0 bridgehead atoms. The minimum absolute atomic E-state index is 0.102. The summed E-state index contributed by atoms with van der Waals surface area (Å²) in [5.41, 5.74) is 0. The van der Waals surface area contributed by atoms with Crippen LogP contribution in [-0.2, 0) is 4.74 Å². The van der Waals surface area contributed by atoms with Gasteiger partial charge in [-0.05, 0) is 32.6 Å². The summed E-state index contributed by atoms with van der Waals surface area (Å²) in [7, 11) is 0. The molecule has 60 valence electrons. The lowest BCUT2D eigenvalue weighted by atomic mass is 10.1. The van der Waals surface area contributed by atoms with E-state index in [0.717, 1.165) is 0 Å². The van der Waals surface area contributed by atoms with Crippen LogP contribution in [0.15, 0.2) is 0 Å². The van der Waals surface area contributed by atoms with Crippen LogP contribution in [0.1, 0.15) is 26.7 Å². The quantitative estimate of drug-likeness (QED) is 0.642. The highest BCUT2D eigenvalue weighted by molar-refractivity contribution is 4.84. The Balaban J connectivity index is 2.26. The topological polar surface area (TPSA) is 29.5 Å². The van der Waals surface area contributed by atoms with Crippen LogP contribution in [0.3, 0.4) is 0 Å². The predicted molar refractivity (Wildman–Crippen MR) is 39.8 cm³/mol. The van der Waals surface area contributed by atoms with E-state index >= 15 is 0 Å². The second kappa shape index (κ2) is 3.35. The first-order valence-electron chi connectivity index (χ1n) is 4.05. The van der Waals surface area contributed by atoms with E-state index in [9.17, 15) is 5.11 Å². The third-order valence-electron chi connectivity index (χ3n) is 1.92. The second-order valence-corrected chi connectivity index (χ2v) is 3.00. The first-order valence-corrected chi connectivity index (χ1v) is 4.05. The van der Waals surface area contributed by atoms with Crippen LogP contribution in [-0.4, -0.2) is 23.9 Å². The normalized spacial score (nSPS) is 24.3. The van der Waals surface area contributed by atoms with Gasteiger partial charge in [0, 0.05) is 6.61 Å². The molecule has 1 fully saturated rings. The third-order valence-corrected chi connectivity index (χ3v) is 1.92. The molecule has 2 unspecified atom stereocenters. The van der Waals surface area contributed by atoms with Crippen molar-refractivity contribution >= 4 is 0 Å². The van der Waals surface area contributed by atoms with Gasteiger partial charge in [-0.1, -0.05) is 0 Å². The number of hydrogen-bond donors (Lipinski definition) is 1. The van der Waals surface area contributed by atoms with Gasteiger partial charge in [0.25, 0.3) is 0 Å². The van der Waals surface area contributed by atoms with Crippen LogP contribution >= 0.6 is 0 Å². The maximum Gasteiger partial charge on any atom is 0.0859 e. The van der Waals surface area contributed by atoms with Crippen molar-refractivity contribution in [3.8, 4) is 0 Å². The van der Waals surface area contributed by atoms with Crippen molar-refractivity contribution in [3.05, 3.63) is 0 Å². The Hall–Kier alpha value is -0.0800. The van der Waals surface area contributed by atoms with Crippen molar-refractivity contribution in [2.75, 3.05) is 6.61 Å². The number of aliphatic hydroxyl groups is 1. The summed E-state index contributed by atoms with van der Waals surface area (Å²) in [4.78, 5) is 0. The Morgan fingerprint density at radius 2 is 2.20 bits per heavy atom. The summed E-state index contributed by atoms with van der Waals surface area (Å²) in [5.74, 6) is 0.639. The standard InChI is InChI=1S/C8H16O2/c1-3-10-8(6(2)9)7-4-5-7/h6-9H,3-5H2,1-2H3. The van der Waals surface area contributed by atoms with Gasteiger partial charge in [-0.25, -0.2) is 0 Å². The van der Waals surface area contributed by atoms with E-state index in [1.807, 2.05) is 6.92 Å². The summed E-state index contributed by atoms with van der Waals surface area (Å²) >= 11 is 0. The van der Waals surface area contributed by atoms with Gasteiger partial charge < -0.3 is 9.84 Å². The summed E-state index contributed by atoms with van der Waals surface area (Å²) in [5, 5.41) is 9.23. The number of rotatable bonds is 4. The van der Waals surface area contributed by atoms with Gasteiger partial charge in [-0.2, -0.15) is 0 Å². The predicted octanol–water partition coefficient (Wildman–Crippen LogP) is 1.18. The molecular weight excluding hydrogens is 128 g/mol. The SMILES string of the molecule is CCOC(C(C)O)C1CC1. The zero-order valence-corrected chi connectivity index (χ0v) is 6.71. The smallest absolute Gasteiger partial charge is 0.0859 e. The molecule has 0 aromatic rings. The molecule has 0 saturated heterocycles. The fourth-order valence-electron chi connectivity index (χ4n) is 1.29. The van der Waals surface area contributed by atoms with Crippen molar-refractivity contribution in [2.45, 2.75) is 38.9 Å². The zero-order chi connectivity index (χ0) is 7.56. The first kappa shape index (κ1) is 8.02. The maximum atomic E-state index is 9.23. The maximum absolute atomic E-state index is 9.23. The lowest BCUT2D eigenvalue weighted by Crippen LogP contribution is -2.28. The molecule has 1 rings (SSSR count). The molecule has 1 N–H and O–H groups in total. The molecule has 10 heavy (non-hydrogen) atoms. The van der Waals surface area contributed by atoms with Crippen molar-refractivity contribution in [1.82, 2.24) is 0 Å². The monoisotopic (exact) mass is 144 g/mol. The van der Waals surface area contributed by atoms with Gasteiger partial charge in [0.2, 0.25) is 0 Å². The van der Waals surface area contributed by atoms with Gasteiger partial charge in [0.15, 0.2) is 0 Å². The van der Waals surface area contributed by atoms with Crippen LogP contribution < -0.4 is 0 Å². The second-order valence-electron chi connectivity index (χ2n) is 3.00. The van der Waals surface area contributed by atoms with Crippen LogP contribution in [0.25, 0.3) is 0 Å². The third kappa shape index (κ3) is 1.96. The van der Waals surface area contributed by atoms with E-state index in [4.69, 9.17) is 4.74 Å². The number of hydrogen-bond acceptors (Lipinski definition) is 2. The molecule has 1 aliphatic carbocycles. The van der Waals surface area contributed by atoms with Gasteiger partial charge in [-0.3, -0.25) is 0 Å². The largest absolute Gasteiger partial charge is 0.391 e. The summed E-state index contributed by atoms with van der Waals surface area (Å²) in [6.45, 7) is 4.49. The zero-order valence-electron chi connectivity index (χ0n) is 6.71. The fraction of sp³-hybridized carbons (Fsp3) is 1.00. The average molecular weight is 144 g/mol. The Labute approximate surface area is 62.2 Å². The molecule has 0 aliphatic heterocycles. The van der Waals surface area contributed by atoms with Crippen molar-refractivity contribution < 1.29 is 9.84 Å². The first-order chi connectivity index (χ1) is 4.75. The van der Waals surface area contributed by atoms with Crippen LogP contribution in [0.2, 0.25) is 0 Å². The van der Waals surface area contributed by atoms with Crippen molar-refractivity contribution in [2.24, 2.45) is 5.92 Å². The van der Waals surface area contributed by atoms with Crippen molar-refractivity contribution in [1.29, 1.82) is 0 Å². The molecule has 0 amide bonds. The van der Waals surface area contributed by atoms with Gasteiger partial charge >= 0.3 is 0 Å². The highest BCUT2D eigenvalue weighted by Crippen LogP contribution is 2.35. The molecule has 2 heteroatoms. The highest BCUT2D eigenvalue weighted by Gasteiger charge is 2.34. The molecule has 1 saturated carbocycles. The van der Waals surface area contributed by atoms with E-state index < -0.39 is 0 Å². The molecule has 2 nitrogen and oxygen atoms in total. The highest BCUT2D eigenvalue weighted by atomic mass is 16.5. The summed E-state index contributed by atoms with van der Waals surface area (Å²) < 4.78 is 5.38. The minimum atomic E-state index is -0.299. The van der Waals surface area contributed by atoms with E-state index in [2.05, 4.69) is 0 Å². The van der Waals surface area contributed by atoms with Gasteiger partial charge in [0.05, 0.1) is 12.2 Å². The molecule has 0 heterocycles. The van der Waals surface area contributed by atoms with Crippen LogP contribution in [0.5, 0.6) is 0 Å². The summed E-state index contributed by atoms with van der Waals surface area (Å²) in [6.07, 6.45) is 2.27. The Morgan fingerprint density at radius 1 is 1.60 bits per heavy atom. The van der Waals surface area contributed by atoms with E-state index in [0.29, 0.717) is 12.5 Å². The van der Waals surface area contributed by atoms with Crippen molar-refractivity contribution in [3.63, 3.8) is 0 Å². The Bertz CT molecular complexity index is 95.4. The fourth-order valence-corrected chi connectivity index (χ4v) is 1.29. The van der Waals surface area contributed by atoms with Gasteiger partial charge in [0.1, 0.15) is 0 Å². The molecule has 0 aromatic heterocycles. The molecular formula is C8H16O2. The Kier molecular flexibility index (Phi) is 2.69. The summed E-state index contributed by atoms with van der Waals surface area (Å²) in [6, 6.07) is 0. The van der Waals surface area contributed by atoms with E-state index in [1.165, 1.54) is 12.8 Å². The van der Waals surface area contributed by atoms with Crippen LogP contribution in [0.4, 0.5) is 0 Å². The minimum Gasteiger partial charge on any atom is -0.391 e. The lowest BCUT2D eigenvalue weighted by molar-refractivity contribution is -0.0363. The van der Waals surface area contributed by atoms with E-state index in [1.54, 1.807) is 6.92 Å². The number of aliphatic hydroxyl groups excluding tert-OH is 1. The lowest BCUT2D eigenvalue weighted by Gasteiger charge is -2.18. The van der Waals surface area contributed by atoms with Gasteiger partial charge in [-0.15, -0.1) is 0 Å². The Morgan fingerprint density at radius 3 is 2.50 bits per heavy atom. The molecule has 2 atom stereocenters. The number of ether oxygens (including phenoxy) is 1. The average Bonchev–Trinajstić information content (AvgIpc) is 2.63. The molecule has 1 aliphatic rings. The molecule has 0 spiro atoms. The molecule has 0 radical (unpaired) electrons.